The summed E-state index contributed by atoms with van der Waals surface area (Å²) in [5.41, 5.74) is 1.15. The first-order chi connectivity index (χ1) is 9.99. The van der Waals surface area contributed by atoms with E-state index in [0.29, 0.717) is 13.0 Å². The van der Waals surface area contributed by atoms with Gasteiger partial charge in [0, 0.05) is 19.0 Å². The van der Waals surface area contributed by atoms with Crippen LogP contribution in [0.3, 0.4) is 0 Å². The fraction of sp³-hybridized carbons (Fsp3) is 0.529. The van der Waals surface area contributed by atoms with Gasteiger partial charge in [0.1, 0.15) is 0 Å². The van der Waals surface area contributed by atoms with Crippen LogP contribution in [0.4, 0.5) is 0 Å². The third kappa shape index (κ3) is 4.31. The van der Waals surface area contributed by atoms with E-state index in [-0.39, 0.29) is 17.9 Å². The Morgan fingerprint density at radius 3 is 2.38 bits per heavy atom. The molecule has 1 N–H and O–H groups in total. The molecular weight excluding hydrogens is 266 g/mol. The molecule has 1 fully saturated rings. The zero-order chi connectivity index (χ0) is 15.4. The van der Waals surface area contributed by atoms with Crippen molar-refractivity contribution in [1.29, 1.82) is 0 Å². The van der Waals surface area contributed by atoms with Crippen molar-refractivity contribution in [1.82, 2.24) is 4.90 Å². The molecule has 0 bridgehead atoms. The number of hydrogen-bond donors (Lipinski definition) is 1. The highest BCUT2D eigenvalue weighted by atomic mass is 16.4. The average molecular weight is 289 g/mol. The first-order valence-corrected chi connectivity index (χ1v) is 7.56. The molecule has 2 unspecified atom stereocenters. The molecule has 1 aromatic carbocycles. The summed E-state index contributed by atoms with van der Waals surface area (Å²) in [7, 11) is 0. The standard InChI is InChI=1S/C17H23NO3/c1-12(14-6-4-3-5-7-14)10-16(19)18(15-8-9-15)11-13(2)17(20)21/h3-7,12-13,15H,8-11H2,1-2H3,(H,20,21). The third-order valence-corrected chi connectivity index (χ3v) is 4.05. The van der Waals surface area contributed by atoms with Crippen LogP contribution in [0.2, 0.25) is 0 Å². The van der Waals surface area contributed by atoms with Gasteiger partial charge in [0.05, 0.1) is 5.92 Å². The summed E-state index contributed by atoms with van der Waals surface area (Å²) in [5.74, 6) is -1.13. The molecule has 4 nitrogen and oxygen atoms in total. The number of amides is 1. The molecule has 1 saturated carbocycles. The number of hydrogen-bond acceptors (Lipinski definition) is 2. The van der Waals surface area contributed by atoms with Crippen LogP contribution in [0.5, 0.6) is 0 Å². The predicted molar refractivity (Wildman–Crippen MR) is 81.0 cm³/mol. The fourth-order valence-electron chi connectivity index (χ4n) is 2.49. The lowest BCUT2D eigenvalue weighted by atomic mass is 9.97. The van der Waals surface area contributed by atoms with Crippen LogP contribution in [-0.2, 0) is 9.59 Å². The SMILES string of the molecule is CC(CN(C(=O)CC(C)c1ccccc1)C1CC1)C(=O)O. The molecule has 2 rings (SSSR count). The zero-order valence-corrected chi connectivity index (χ0v) is 12.7. The van der Waals surface area contributed by atoms with Gasteiger partial charge in [-0.3, -0.25) is 9.59 Å². The van der Waals surface area contributed by atoms with Crippen molar-refractivity contribution < 1.29 is 14.7 Å². The van der Waals surface area contributed by atoms with Crippen LogP contribution in [0.15, 0.2) is 30.3 Å². The van der Waals surface area contributed by atoms with Gasteiger partial charge in [0.15, 0.2) is 0 Å². The van der Waals surface area contributed by atoms with E-state index in [1.165, 1.54) is 0 Å². The van der Waals surface area contributed by atoms with E-state index in [1.54, 1.807) is 11.8 Å². The van der Waals surface area contributed by atoms with Gasteiger partial charge in [-0.05, 0) is 24.3 Å². The van der Waals surface area contributed by atoms with Crippen molar-refractivity contribution in [2.24, 2.45) is 5.92 Å². The molecule has 0 spiro atoms. The first kappa shape index (κ1) is 15.5. The molecular formula is C17H23NO3. The maximum Gasteiger partial charge on any atom is 0.308 e. The van der Waals surface area contributed by atoms with Crippen LogP contribution in [-0.4, -0.2) is 34.5 Å². The smallest absolute Gasteiger partial charge is 0.308 e. The summed E-state index contributed by atoms with van der Waals surface area (Å²) in [6, 6.07) is 10.2. The van der Waals surface area contributed by atoms with Gasteiger partial charge in [0.25, 0.3) is 0 Å². The van der Waals surface area contributed by atoms with Gasteiger partial charge >= 0.3 is 5.97 Å². The third-order valence-electron chi connectivity index (χ3n) is 4.05. The molecule has 1 aromatic rings. The maximum atomic E-state index is 12.5. The van der Waals surface area contributed by atoms with Crippen LogP contribution in [0, 0.1) is 5.92 Å². The number of carbonyl (C=O) groups excluding carboxylic acids is 1. The number of aliphatic carboxylic acids is 1. The number of rotatable bonds is 7. The van der Waals surface area contributed by atoms with Gasteiger partial charge in [-0.1, -0.05) is 44.2 Å². The lowest BCUT2D eigenvalue weighted by Crippen LogP contribution is -2.39. The molecule has 0 aromatic heterocycles. The summed E-state index contributed by atoms with van der Waals surface area (Å²) >= 11 is 0. The van der Waals surface area contributed by atoms with Crippen molar-refractivity contribution in [3.63, 3.8) is 0 Å². The molecule has 0 heterocycles. The van der Waals surface area contributed by atoms with Gasteiger partial charge in [-0.2, -0.15) is 0 Å². The minimum absolute atomic E-state index is 0.0713. The molecule has 0 saturated heterocycles. The molecule has 0 aliphatic heterocycles. The Morgan fingerprint density at radius 1 is 1.24 bits per heavy atom. The molecule has 1 aliphatic rings. The number of carboxylic acids is 1. The van der Waals surface area contributed by atoms with E-state index in [2.05, 4.69) is 0 Å². The molecule has 4 heteroatoms. The van der Waals surface area contributed by atoms with Crippen LogP contribution in [0.25, 0.3) is 0 Å². The zero-order valence-electron chi connectivity index (χ0n) is 12.7. The van der Waals surface area contributed by atoms with E-state index in [9.17, 15) is 9.59 Å². The van der Waals surface area contributed by atoms with Crippen LogP contribution in [0.1, 0.15) is 44.6 Å². The Morgan fingerprint density at radius 2 is 1.86 bits per heavy atom. The highest BCUT2D eigenvalue weighted by Gasteiger charge is 2.34. The molecule has 114 valence electrons. The van der Waals surface area contributed by atoms with E-state index in [0.717, 1.165) is 18.4 Å². The highest BCUT2D eigenvalue weighted by Crippen LogP contribution is 2.30. The number of carboxylic acid groups (broad SMARTS) is 1. The van der Waals surface area contributed by atoms with Crippen LogP contribution < -0.4 is 0 Å². The van der Waals surface area contributed by atoms with Gasteiger partial charge in [-0.25, -0.2) is 0 Å². The number of benzene rings is 1. The van der Waals surface area contributed by atoms with Crippen molar-refractivity contribution >= 4 is 11.9 Å². The minimum atomic E-state index is -0.843. The molecule has 2 atom stereocenters. The van der Waals surface area contributed by atoms with E-state index >= 15 is 0 Å². The predicted octanol–water partition coefficient (Wildman–Crippen LogP) is 2.89. The van der Waals surface area contributed by atoms with E-state index < -0.39 is 11.9 Å². The topological polar surface area (TPSA) is 57.6 Å². The Kier molecular flexibility index (Phi) is 4.99. The Labute approximate surface area is 125 Å². The van der Waals surface area contributed by atoms with Crippen LogP contribution >= 0.6 is 0 Å². The Hall–Kier alpha value is -1.84. The second-order valence-electron chi connectivity index (χ2n) is 6.03. The van der Waals surface area contributed by atoms with Crippen molar-refractivity contribution in [3.05, 3.63) is 35.9 Å². The summed E-state index contributed by atoms with van der Waals surface area (Å²) in [4.78, 5) is 25.3. The summed E-state index contributed by atoms with van der Waals surface area (Å²) in [6.07, 6.45) is 2.43. The average Bonchev–Trinajstić information content (AvgIpc) is 3.29. The van der Waals surface area contributed by atoms with Gasteiger partial charge in [0.2, 0.25) is 5.91 Å². The second kappa shape index (κ2) is 6.74. The lowest BCUT2D eigenvalue weighted by molar-refractivity contribution is -0.143. The molecule has 1 aliphatic carbocycles. The second-order valence-corrected chi connectivity index (χ2v) is 6.03. The largest absolute Gasteiger partial charge is 0.481 e. The Balaban J connectivity index is 1.97. The fourth-order valence-corrected chi connectivity index (χ4v) is 2.49. The van der Waals surface area contributed by atoms with E-state index in [1.807, 2.05) is 37.3 Å². The number of nitrogens with zero attached hydrogens (tertiary/aromatic N) is 1. The molecule has 1 amide bonds. The molecule has 0 radical (unpaired) electrons. The monoisotopic (exact) mass is 289 g/mol. The van der Waals surface area contributed by atoms with Crippen molar-refractivity contribution in [2.45, 2.75) is 45.1 Å². The van der Waals surface area contributed by atoms with Gasteiger partial charge in [-0.15, -0.1) is 0 Å². The maximum absolute atomic E-state index is 12.5. The highest BCUT2D eigenvalue weighted by molar-refractivity contribution is 5.79. The lowest BCUT2D eigenvalue weighted by Gasteiger charge is -2.26. The first-order valence-electron chi connectivity index (χ1n) is 7.56. The normalized spacial score (nSPS) is 17.0. The Bertz CT molecular complexity index is 496. The summed E-state index contributed by atoms with van der Waals surface area (Å²) in [6.45, 7) is 4.02. The molecule has 21 heavy (non-hydrogen) atoms. The van der Waals surface area contributed by atoms with Crippen molar-refractivity contribution in [2.75, 3.05) is 6.54 Å². The number of carbonyl (C=O) groups is 2. The minimum Gasteiger partial charge on any atom is -0.481 e. The van der Waals surface area contributed by atoms with Crippen molar-refractivity contribution in [3.8, 4) is 0 Å². The summed E-state index contributed by atoms with van der Waals surface area (Å²) in [5, 5.41) is 9.04. The van der Waals surface area contributed by atoms with Gasteiger partial charge < -0.3 is 10.0 Å². The quantitative estimate of drug-likeness (QED) is 0.839. The van der Waals surface area contributed by atoms with E-state index in [4.69, 9.17) is 5.11 Å². The summed E-state index contributed by atoms with van der Waals surface area (Å²) < 4.78 is 0.